The Hall–Kier alpha value is -2.89. The van der Waals surface area contributed by atoms with Crippen LogP contribution in [0.5, 0.6) is 5.88 Å². The standard InChI is InChI=1S/C21H22N2O4/c24-19(23-10-7-21(8-11-23)13-17(21)20(25)26)16-6-9-22-18(12-16)27-14-15-4-2-1-3-5-15/h1-6,9,12,17H,7-8,10-11,13-14H2,(H,25,26). The first-order chi connectivity index (χ1) is 13.1. The van der Waals surface area contributed by atoms with Crippen LogP contribution in [0.1, 0.15) is 35.2 Å². The number of piperidine rings is 1. The van der Waals surface area contributed by atoms with E-state index < -0.39 is 5.97 Å². The van der Waals surface area contributed by atoms with Gasteiger partial charge in [0.1, 0.15) is 6.61 Å². The van der Waals surface area contributed by atoms with Gasteiger partial charge in [-0.15, -0.1) is 0 Å². The van der Waals surface area contributed by atoms with Crippen LogP contribution in [-0.4, -0.2) is 40.0 Å². The molecule has 2 heterocycles. The fourth-order valence-electron chi connectivity index (χ4n) is 3.94. The Morgan fingerprint density at radius 3 is 2.59 bits per heavy atom. The number of aliphatic carboxylic acids is 1. The van der Waals surface area contributed by atoms with Crippen molar-refractivity contribution >= 4 is 11.9 Å². The molecule has 2 aromatic rings. The summed E-state index contributed by atoms with van der Waals surface area (Å²) in [6, 6.07) is 13.2. The van der Waals surface area contributed by atoms with E-state index in [-0.39, 0.29) is 17.2 Å². The first-order valence-electron chi connectivity index (χ1n) is 9.22. The van der Waals surface area contributed by atoms with E-state index in [2.05, 4.69) is 4.98 Å². The van der Waals surface area contributed by atoms with Gasteiger partial charge in [0.05, 0.1) is 5.92 Å². The molecule has 1 saturated carbocycles. The van der Waals surface area contributed by atoms with Crippen molar-refractivity contribution in [3.8, 4) is 5.88 Å². The van der Waals surface area contributed by atoms with Gasteiger partial charge in [0.2, 0.25) is 5.88 Å². The van der Waals surface area contributed by atoms with Crippen LogP contribution < -0.4 is 4.74 Å². The zero-order valence-corrected chi connectivity index (χ0v) is 15.0. The number of carbonyl (C=O) groups excluding carboxylic acids is 1. The van der Waals surface area contributed by atoms with E-state index in [1.807, 2.05) is 30.3 Å². The topological polar surface area (TPSA) is 79.7 Å². The minimum Gasteiger partial charge on any atom is -0.481 e. The number of benzene rings is 1. The Balaban J connectivity index is 1.36. The smallest absolute Gasteiger partial charge is 0.307 e. The first-order valence-corrected chi connectivity index (χ1v) is 9.22. The van der Waals surface area contributed by atoms with Gasteiger partial charge < -0.3 is 14.7 Å². The highest BCUT2D eigenvalue weighted by Gasteiger charge is 2.59. The van der Waals surface area contributed by atoms with Gasteiger partial charge in [-0.25, -0.2) is 4.98 Å². The number of pyridine rings is 1. The molecule has 4 rings (SSSR count). The van der Waals surface area contributed by atoms with E-state index in [4.69, 9.17) is 4.74 Å². The molecular formula is C21H22N2O4. The number of carboxylic acid groups (broad SMARTS) is 1. The molecule has 1 atom stereocenters. The van der Waals surface area contributed by atoms with Gasteiger partial charge in [-0.1, -0.05) is 30.3 Å². The monoisotopic (exact) mass is 366 g/mol. The van der Waals surface area contributed by atoms with E-state index in [9.17, 15) is 14.7 Å². The van der Waals surface area contributed by atoms with E-state index in [0.717, 1.165) is 24.8 Å². The van der Waals surface area contributed by atoms with Crippen molar-refractivity contribution in [1.82, 2.24) is 9.88 Å². The summed E-state index contributed by atoms with van der Waals surface area (Å²) in [6.07, 6.45) is 3.85. The SMILES string of the molecule is O=C(O)C1CC12CCN(C(=O)c1ccnc(OCc3ccccc3)c1)CC2. The van der Waals surface area contributed by atoms with Crippen LogP contribution in [0.25, 0.3) is 0 Å². The average molecular weight is 366 g/mol. The lowest BCUT2D eigenvalue weighted by Gasteiger charge is -2.32. The van der Waals surface area contributed by atoms with Gasteiger partial charge in [0, 0.05) is 30.9 Å². The second kappa shape index (κ2) is 7.02. The molecule has 1 aliphatic carbocycles. The molecule has 140 valence electrons. The van der Waals surface area contributed by atoms with Crippen molar-refractivity contribution in [2.24, 2.45) is 11.3 Å². The quantitative estimate of drug-likeness (QED) is 0.880. The Morgan fingerprint density at radius 2 is 1.93 bits per heavy atom. The highest BCUT2D eigenvalue weighted by molar-refractivity contribution is 5.94. The Kier molecular flexibility index (Phi) is 4.56. The van der Waals surface area contributed by atoms with Crippen LogP contribution in [0, 0.1) is 11.3 Å². The van der Waals surface area contributed by atoms with Gasteiger partial charge in [0.15, 0.2) is 0 Å². The second-order valence-electron chi connectivity index (χ2n) is 7.41. The number of aromatic nitrogens is 1. The number of rotatable bonds is 5. The fourth-order valence-corrected chi connectivity index (χ4v) is 3.94. The van der Waals surface area contributed by atoms with Crippen molar-refractivity contribution in [2.45, 2.75) is 25.9 Å². The summed E-state index contributed by atoms with van der Waals surface area (Å²) in [7, 11) is 0. The van der Waals surface area contributed by atoms with Gasteiger partial charge in [-0.05, 0) is 36.3 Å². The molecular weight excluding hydrogens is 344 g/mol. The molecule has 1 amide bonds. The molecule has 1 saturated heterocycles. The predicted octanol–water partition coefficient (Wildman–Crippen LogP) is 2.99. The van der Waals surface area contributed by atoms with E-state index in [1.165, 1.54) is 0 Å². The molecule has 6 nitrogen and oxygen atoms in total. The van der Waals surface area contributed by atoms with Gasteiger partial charge in [-0.2, -0.15) is 0 Å². The second-order valence-corrected chi connectivity index (χ2v) is 7.41. The lowest BCUT2D eigenvalue weighted by atomic mass is 9.90. The number of amides is 1. The van der Waals surface area contributed by atoms with Crippen LogP contribution in [-0.2, 0) is 11.4 Å². The average Bonchev–Trinajstić information content (AvgIpc) is 3.41. The third kappa shape index (κ3) is 3.65. The van der Waals surface area contributed by atoms with Crippen molar-refractivity contribution in [3.05, 3.63) is 59.8 Å². The molecule has 1 aromatic carbocycles. The van der Waals surface area contributed by atoms with Gasteiger partial charge in [0.25, 0.3) is 5.91 Å². The third-order valence-electron chi connectivity index (χ3n) is 5.75. The summed E-state index contributed by atoms with van der Waals surface area (Å²) in [6.45, 7) is 1.60. The molecule has 2 fully saturated rings. The summed E-state index contributed by atoms with van der Waals surface area (Å²) in [5, 5.41) is 9.19. The molecule has 1 N–H and O–H groups in total. The molecule has 1 spiro atoms. The van der Waals surface area contributed by atoms with E-state index in [1.54, 1.807) is 23.2 Å². The first kappa shape index (κ1) is 17.5. The van der Waals surface area contributed by atoms with Crippen LogP contribution in [0.2, 0.25) is 0 Å². The molecule has 1 aromatic heterocycles. The Bertz CT molecular complexity index is 844. The van der Waals surface area contributed by atoms with Crippen LogP contribution in [0.4, 0.5) is 0 Å². The summed E-state index contributed by atoms with van der Waals surface area (Å²) in [5.41, 5.74) is 1.51. The number of carbonyl (C=O) groups is 2. The third-order valence-corrected chi connectivity index (χ3v) is 5.75. The Labute approximate surface area is 157 Å². The van der Waals surface area contributed by atoms with Crippen LogP contribution >= 0.6 is 0 Å². The van der Waals surface area contributed by atoms with Crippen LogP contribution in [0.15, 0.2) is 48.7 Å². The number of hydrogen-bond acceptors (Lipinski definition) is 4. The van der Waals surface area contributed by atoms with Crippen molar-refractivity contribution in [3.63, 3.8) is 0 Å². The minimum atomic E-state index is -0.705. The summed E-state index contributed by atoms with van der Waals surface area (Å²) >= 11 is 0. The largest absolute Gasteiger partial charge is 0.481 e. The van der Waals surface area contributed by atoms with Crippen LogP contribution in [0.3, 0.4) is 0 Å². The van der Waals surface area contributed by atoms with E-state index in [0.29, 0.717) is 31.1 Å². The summed E-state index contributed by atoms with van der Waals surface area (Å²) < 4.78 is 5.71. The minimum absolute atomic E-state index is 0.0515. The lowest BCUT2D eigenvalue weighted by molar-refractivity contribution is -0.139. The van der Waals surface area contributed by atoms with Gasteiger partial charge >= 0.3 is 5.97 Å². The maximum absolute atomic E-state index is 12.8. The molecule has 1 aliphatic heterocycles. The van der Waals surface area contributed by atoms with E-state index >= 15 is 0 Å². The highest BCUT2D eigenvalue weighted by atomic mass is 16.5. The normalized spacial score (nSPS) is 20.3. The highest BCUT2D eigenvalue weighted by Crippen LogP contribution is 2.59. The van der Waals surface area contributed by atoms with Gasteiger partial charge in [-0.3, -0.25) is 9.59 Å². The molecule has 0 radical (unpaired) electrons. The number of nitrogens with zero attached hydrogens (tertiary/aromatic N) is 2. The maximum Gasteiger partial charge on any atom is 0.307 e. The maximum atomic E-state index is 12.8. The number of carboxylic acids is 1. The number of hydrogen-bond donors (Lipinski definition) is 1. The molecule has 0 bridgehead atoms. The van der Waals surface area contributed by atoms with Crippen molar-refractivity contribution < 1.29 is 19.4 Å². The zero-order chi connectivity index (χ0) is 18.9. The molecule has 2 aliphatic rings. The summed E-state index contributed by atoms with van der Waals surface area (Å²) in [4.78, 5) is 30.0. The molecule has 6 heteroatoms. The zero-order valence-electron chi connectivity index (χ0n) is 15.0. The van der Waals surface area contributed by atoms with Crippen molar-refractivity contribution in [1.29, 1.82) is 0 Å². The molecule has 27 heavy (non-hydrogen) atoms. The lowest BCUT2D eigenvalue weighted by Crippen LogP contribution is -2.40. The number of ether oxygens (including phenoxy) is 1. The fraction of sp³-hybridized carbons (Fsp3) is 0.381. The molecule has 1 unspecified atom stereocenters. The predicted molar refractivity (Wildman–Crippen MR) is 98.3 cm³/mol. The van der Waals surface area contributed by atoms with Crippen molar-refractivity contribution in [2.75, 3.05) is 13.1 Å². The Morgan fingerprint density at radius 1 is 1.19 bits per heavy atom. The number of likely N-dealkylation sites (tertiary alicyclic amines) is 1. The summed E-state index contributed by atoms with van der Waals surface area (Å²) in [5.74, 6) is -0.562.